The number of likely N-dealkylation sites (tertiary alicyclic amines) is 1. The van der Waals surface area contributed by atoms with Gasteiger partial charge in [0.2, 0.25) is 11.8 Å². The number of carboxylic acid groups (broad SMARTS) is 1. The van der Waals surface area contributed by atoms with Gasteiger partial charge in [0, 0.05) is 19.5 Å². The molecule has 6 nitrogen and oxygen atoms in total. The molecule has 1 aliphatic heterocycles. The van der Waals surface area contributed by atoms with Crippen LogP contribution in [-0.2, 0) is 14.4 Å². The number of thioether (sulfide) groups is 1. The van der Waals surface area contributed by atoms with E-state index >= 15 is 0 Å². The van der Waals surface area contributed by atoms with E-state index in [1.54, 1.807) is 4.90 Å². The number of nitrogens with one attached hydrogen (secondary N) is 1. The topological polar surface area (TPSA) is 86.7 Å². The van der Waals surface area contributed by atoms with Crippen LogP contribution in [-0.4, -0.2) is 58.9 Å². The van der Waals surface area contributed by atoms with E-state index in [4.69, 9.17) is 5.11 Å². The lowest BCUT2D eigenvalue weighted by molar-refractivity contribution is -0.142. The predicted molar refractivity (Wildman–Crippen MR) is 82.1 cm³/mol. The second kappa shape index (κ2) is 8.26. The maximum Gasteiger partial charge on any atom is 0.326 e. The van der Waals surface area contributed by atoms with Crippen molar-refractivity contribution >= 4 is 29.5 Å². The summed E-state index contributed by atoms with van der Waals surface area (Å²) in [6.45, 7) is 5.06. The van der Waals surface area contributed by atoms with Crippen LogP contribution in [0.25, 0.3) is 0 Å². The van der Waals surface area contributed by atoms with E-state index in [9.17, 15) is 14.4 Å². The van der Waals surface area contributed by atoms with E-state index in [-0.39, 0.29) is 18.2 Å². The van der Waals surface area contributed by atoms with Crippen molar-refractivity contribution in [3.05, 3.63) is 0 Å². The van der Waals surface area contributed by atoms with E-state index in [0.29, 0.717) is 31.2 Å². The van der Waals surface area contributed by atoms with E-state index in [1.165, 1.54) is 11.8 Å². The van der Waals surface area contributed by atoms with Crippen LogP contribution in [0.3, 0.4) is 0 Å². The fourth-order valence-electron chi connectivity index (χ4n) is 2.35. The van der Waals surface area contributed by atoms with Crippen molar-refractivity contribution < 1.29 is 19.5 Å². The van der Waals surface area contributed by atoms with Gasteiger partial charge in [-0.1, -0.05) is 13.8 Å². The molecule has 0 aromatic carbocycles. The molecule has 0 aliphatic carbocycles. The number of carbonyl (C=O) groups excluding carboxylic acids is 2. The lowest BCUT2D eigenvalue weighted by Crippen LogP contribution is -2.44. The highest BCUT2D eigenvalue weighted by Gasteiger charge is 2.35. The highest BCUT2D eigenvalue weighted by atomic mass is 32.2. The van der Waals surface area contributed by atoms with Crippen molar-refractivity contribution in [2.45, 2.75) is 32.7 Å². The molecule has 1 fully saturated rings. The Morgan fingerprint density at radius 2 is 2.14 bits per heavy atom. The van der Waals surface area contributed by atoms with Gasteiger partial charge < -0.3 is 15.3 Å². The van der Waals surface area contributed by atoms with Crippen molar-refractivity contribution in [2.24, 2.45) is 11.8 Å². The van der Waals surface area contributed by atoms with E-state index in [2.05, 4.69) is 5.32 Å². The summed E-state index contributed by atoms with van der Waals surface area (Å²) in [5.41, 5.74) is 0. The largest absolute Gasteiger partial charge is 0.480 e. The van der Waals surface area contributed by atoms with Gasteiger partial charge in [0.1, 0.15) is 6.04 Å². The number of carbonyl (C=O) groups is 3. The minimum Gasteiger partial charge on any atom is -0.480 e. The first-order valence-corrected chi connectivity index (χ1v) is 8.54. The summed E-state index contributed by atoms with van der Waals surface area (Å²) in [7, 11) is 0. The molecule has 0 saturated carbocycles. The van der Waals surface area contributed by atoms with Crippen LogP contribution >= 0.6 is 11.8 Å². The zero-order valence-corrected chi connectivity index (χ0v) is 13.6. The van der Waals surface area contributed by atoms with Crippen molar-refractivity contribution in [1.29, 1.82) is 0 Å². The Morgan fingerprint density at radius 3 is 2.67 bits per heavy atom. The third kappa shape index (κ3) is 5.57. The van der Waals surface area contributed by atoms with Gasteiger partial charge in [0.15, 0.2) is 0 Å². The van der Waals surface area contributed by atoms with Crippen LogP contribution < -0.4 is 5.32 Å². The quantitative estimate of drug-likeness (QED) is 0.692. The van der Waals surface area contributed by atoms with E-state index in [1.807, 2.05) is 20.1 Å². The third-order valence-electron chi connectivity index (χ3n) is 3.40. The number of carboxylic acids is 1. The summed E-state index contributed by atoms with van der Waals surface area (Å²) in [6, 6.07) is -0.876. The average Bonchev–Trinajstić information content (AvgIpc) is 2.74. The van der Waals surface area contributed by atoms with Crippen molar-refractivity contribution in [3.63, 3.8) is 0 Å². The molecule has 1 aliphatic rings. The Kier molecular flexibility index (Phi) is 7.01. The molecule has 1 saturated heterocycles. The lowest BCUT2D eigenvalue weighted by Gasteiger charge is -2.19. The SMILES string of the molecule is CSCCC(NC(=O)C1CC(=O)N(CC(C)C)C1)C(=O)O. The molecule has 0 radical (unpaired) electrons. The molecule has 2 atom stereocenters. The van der Waals surface area contributed by atoms with Crippen molar-refractivity contribution in [2.75, 3.05) is 25.1 Å². The average molecular weight is 316 g/mol. The number of hydrogen-bond acceptors (Lipinski definition) is 4. The maximum absolute atomic E-state index is 12.1. The normalized spacial score (nSPS) is 19.9. The summed E-state index contributed by atoms with van der Waals surface area (Å²) < 4.78 is 0. The highest BCUT2D eigenvalue weighted by molar-refractivity contribution is 7.98. The Hall–Kier alpha value is -1.24. The molecule has 0 bridgehead atoms. The standard InChI is InChI=1S/C14H24N2O4S/c1-9(2)7-16-8-10(6-12(16)17)13(18)15-11(14(19)20)4-5-21-3/h9-11H,4-8H2,1-3H3,(H,15,18)(H,19,20). The summed E-state index contributed by atoms with van der Waals surface area (Å²) in [5.74, 6) is -0.805. The predicted octanol–water partition coefficient (Wildman–Crippen LogP) is 0.813. The summed E-state index contributed by atoms with van der Waals surface area (Å²) in [5, 5.41) is 11.7. The van der Waals surface area contributed by atoms with Crippen molar-refractivity contribution in [3.8, 4) is 0 Å². The van der Waals surface area contributed by atoms with Gasteiger partial charge in [-0.05, 0) is 24.3 Å². The van der Waals surface area contributed by atoms with Gasteiger partial charge in [-0.25, -0.2) is 4.79 Å². The monoisotopic (exact) mass is 316 g/mol. The Balaban J connectivity index is 2.55. The van der Waals surface area contributed by atoms with Crippen LogP contribution in [0.15, 0.2) is 0 Å². The van der Waals surface area contributed by atoms with Crippen molar-refractivity contribution in [1.82, 2.24) is 10.2 Å². The third-order valence-corrected chi connectivity index (χ3v) is 4.04. The van der Waals surface area contributed by atoms with Crippen LogP contribution in [0.2, 0.25) is 0 Å². The fourth-order valence-corrected chi connectivity index (χ4v) is 2.82. The minimum absolute atomic E-state index is 0.0279. The molecule has 2 N–H and O–H groups in total. The molecular formula is C14H24N2O4S. The first-order chi connectivity index (χ1) is 9.85. The van der Waals surface area contributed by atoms with E-state index in [0.717, 1.165) is 0 Å². The lowest BCUT2D eigenvalue weighted by atomic mass is 10.1. The summed E-state index contributed by atoms with van der Waals surface area (Å²) in [6.07, 6.45) is 2.45. The zero-order chi connectivity index (χ0) is 16.0. The fraction of sp³-hybridized carbons (Fsp3) is 0.786. The number of aliphatic carboxylic acids is 1. The maximum atomic E-state index is 12.1. The second-order valence-electron chi connectivity index (χ2n) is 5.77. The minimum atomic E-state index is -1.03. The number of rotatable bonds is 8. The number of nitrogens with zero attached hydrogens (tertiary/aromatic N) is 1. The van der Waals surface area contributed by atoms with Crippen LogP contribution in [0.4, 0.5) is 0 Å². The van der Waals surface area contributed by atoms with Gasteiger partial charge in [-0.2, -0.15) is 11.8 Å². The summed E-state index contributed by atoms with van der Waals surface area (Å²) in [4.78, 5) is 36.8. The molecular weight excluding hydrogens is 292 g/mol. The van der Waals surface area contributed by atoms with E-state index < -0.39 is 17.9 Å². The smallest absolute Gasteiger partial charge is 0.326 e. The molecule has 21 heavy (non-hydrogen) atoms. The zero-order valence-electron chi connectivity index (χ0n) is 12.8. The highest BCUT2D eigenvalue weighted by Crippen LogP contribution is 2.19. The molecule has 2 unspecified atom stereocenters. The molecule has 120 valence electrons. The van der Waals surface area contributed by atoms with Gasteiger partial charge in [0.25, 0.3) is 0 Å². The van der Waals surface area contributed by atoms with Gasteiger partial charge in [0.05, 0.1) is 5.92 Å². The summed E-state index contributed by atoms with van der Waals surface area (Å²) >= 11 is 1.54. The number of hydrogen-bond donors (Lipinski definition) is 2. The number of amides is 2. The molecule has 0 spiro atoms. The molecule has 0 aromatic heterocycles. The second-order valence-corrected chi connectivity index (χ2v) is 6.76. The first kappa shape index (κ1) is 17.8. The Labute approximate surface area is 129 Å². The molecule has 0 aromatic rings. The van der Waals surface area contributed by atoms with Gasteiger partial charge in [-0.15, -0.1) is 0 Å². The Morgan fingerprint density at radius 1 is 1.48 bits per heavy atom. The van der Waals surface area contributed by atoms with Gasteiger partial charge in [-0.3, -0.25) is 9.59 Å². The Bertz CT molecular complexity index is 400. The van der Waals surface area contributed by atoms with Crippen LogP contribution in [0.5, 0.6) is 0 Å². The van der Waals surface area contributed by atoms with Crippen LogP contribution in [0.1, 0.15) is 26.7 Å². The molecule has 1 heterocycles. The molecule has 2 amide bonds. The van der Waals surface area contributed by atoms with Gasteiger partial charge >= 0.3 is 5.97 Å². The molecule has 7 heteroatoms. The molecule has 1 rings (SSSR count). The first-order valence-electron chi connectivity index (χ1n) is 7.15. The van der Waals surface area contributed by atoms with Crippen LogP contribution in [0, 0.1) is 11.8 Å².